The van der Waals surface area contributed by atoms with Crippen molar-refractivity contribution in [1.29, 1.82) is 0 Å². The lowest BCUT2D eigenvalue weighted by atomic mass is 9.88. The molecule has 2 aliphatic heterocycles. The zero-order chi connectivity index (χ0) is 14.8. The molecule has 2 aliphatic rings. The molecule has 0 aromatic heterocycles. The fraction of sp³-hybridized carbons (Fsp3) is 0.588. The molecule has 0 radical (unpaired) electrons. The van der Waals surface area contributed by atoms with Crippen LogP contribution in [0.15, 0.2) is 24.3 Å². The van der Waals surface area contributed by atoms with Gasteiger partial charge in [-0.3, -0.25) is 4.79 Å². The first-order valence-electron chi connectivity index (χ1n) is 7.85. The van der Waals surface area contributed by atoms with E-state index in [1.54, 1.807) is 7.11 Å². The Labute approximate surface area is 126 Å². The van der Waals surface area contributed by atoms with Gasteiger partial charge in [-0.2, -0.15) is 0 Å². The Bertz CT molecular complexity index is 517. The predicted octanol–water partition coefficient (Wildman–Crippen LogP) is 2.47. The maximum Gasteiger partial charge on any atom is 0.230 e. The van der Waals surface area contributed by atoms with Gasteiger partial charge in [0.1, 0.15) is 0 Å². The lowest BCUT2D eigenvalue weighted by Crippen LogP contribution is -2.48. The molecule has 114 valence electrons. The molecule has 1 saturated heterocycles. The second-order valence-electron chi connectivity index (χ2n) is 6.18. The molecule has 4 nitrogen and oxygen atoms in total. The van der Waals surface area contributed by atoms with Gasteiger partial charge >= 0.3 is 0 Å². The first-order chi connectivity index (χ1) is 10.2. The lowest BCUT2D eigenvalue weighted by Gasteiger charge is -2.39. The average Bonchev–Trinajstić information content (AvgIpc) is 2.54. The minimum Gasteiger partial charge on any atom is -0.385 e. The van der Waals surface area contributed by atoms with Crippen molar-refractivity contribution in [3.8, 4) is 0 Å². The molecule has 3 rings (SSSR count). The number of likely N-dealkylation sites (tertiary alicyclic amines) is 1. The van der Waals surface area contributed by atoms with Gasteiger partial charge in [-0.25, -0.2) is 0 Å². The topological polar surface area (TPSA) is 41.6 Å². The molecule has 4 heteroatoms. The summed E-state index contributed by atoms with van der Waals surface area (Å²) >= 11 is 0. The molecule has 3 unspecified atom stereocenters. The van der Waals surface area contributed by atoms with Gasteiger partial charge in [0.15, 0.2) is 0 Å². The molecule has 0 saturated carbocycles. The van der Waals surface area contributed by atoms with E-state index in [1.807, 2.05) is 17.0 Å². The van der Waals surface area contributed by atoms with Crippen molar-refractivity contribution in [2.24, 2.45) is 5.92 Å². The number of piperidine rings is 1. The summed E-state index contributed by atoms with van der Waals surface area (Å²) in [6.07, 6.45) is 2.07. The zero-order valence-electron chi connectivity index (χ0n) is 12.8. The van der Waals surface area contributed by atoms with Gasteiger partial charge in [-0.15, -0.1) is 0 Å². The fourth-order valence-corrected chi connectivity index (χ4v) is 3.49. The number of fused-ring (bicyclic) bond motifs is 1. The average molecular weight is 288 g/mol. The molecule has 3 atom stereocenters. The molecule has 1 amide bonds. The van der Waals surface area contributed by atoms with Crippen LogP contribution in [0.2, 0.25) is 0 Å². The largest absolute Gasteiger partial charge is 0.385 e. The van der Waals surface area contributed by atoms with Gasteiger partial charge in [-0.05, 0) is 30.4 Å². The standard InChI is InChI=1S/C17H24N2O2/c1-12-8-10-19(11-16(12)21-2)17(20)14-7-9-18-15-6-4-3-5-13(14)15/h3-6,12,14,16,18H,7-11H2,1-2H3. The third kappa shape index (κ3) is 2.77. The highest BCUT2D eigenvalue weighted by molar-refractivity contribution is 5.86. The number of para-hydroxylation sites is 1. The molecule has 0 bridgehead atoms. The fourth-order valence-electron chi connectivity index (χ4n) is 3.49. The number of hydrogen-bond acceptors (Lipinski definition) is 3. The van der Waals surface area contributed by atoms with Crippen molar-refractivity contribution >= 4 is 11.6 Å². The van der Waals surface area contributed by atoms with Crippen LogP contribution in [-0.4, -0.2) is 43.7 Å². The monoisotopic (exact) mass is 288 g/mol. The Balaban J connectivity index is 1.77. The number of methoxy groups -OCH3 is 1. The first kappa shape index (κ1) is 14.4. The molecule has 0 aliphatic carbocycles. The van der Waals surface area contributed by atoms with E-state index in [0.717, 1.165) is 43.7 Å². The van der Waals surface area contributed by atoms with Crippen molar-refractivity contribution < 1.29 is 9.53 Å². The third-order valence-electron chi connectivity index (χ3n) is 4.89. The molecule has 1 N–H and O–H groups in total. The summed E-state index contributed by atoms with van der Waals surface area (Å²) in [4.78, 5) is 14.9. The molecular formula is C17H24N2O2. The van der Waals surface area contributed by atoms with Gasteiger partial charge in [-0.1, -0.05) is 25.1 Å². The number of carbonyl (C=O) groups excluding carboxylic acids is 1. The number of hydrogen-bond donors (Lipinski definition) is 1. The van der Waals surface area contributed by atoms with Crippen molar-refractivity contribution in [3.63, 3.8) is 0 Å². The number of nitrogens with zero attached hydrogens (tertiary/aromatic N) is 1. The molecule has 0 spiro atoms. The van der Waals surface area contributed by atoms with Crippen LogP contribution in [0.3, 0.4) is 0 Å². The highest BCUT2D eigenvalue weighted by atomic mass is 16.5. The minimum absolute atomic E-state index is 0.00615. The Morgan fingerprint density at radius 1 is 1.33 bits per heavy atom. The molecule has 1 fully saturated rings. The van der Waals surface area contributed by atoms with Gasteiger partial charge < -0.3 is 15.0 Å². The summed E-state index contributed by atoms with van der Waals surface area (Å²) in [5.74, 6) is 0.783. The second-order valence-corrected chi connectivity index (χ2v) is 6.18. The SMILES string of the molecule is COC1CN(C(=O)C2CCNc3ccccc32)CCC1C. The predicted molar refractivity (Wildman–Crippen MR) is 83.4 cm³/mol. The number of nitrogens with one attached hydrogen (secondary N) is 1. The van der Waals surface area contributed by atoms with Crippen LogP contribution in [0.25, 0.3) is 0 Å². The summed E-state index contributed by atoms with van der Waals surface area (Å²) in [6.45, 7) is 4.65. The van der Waals surface area contributed by atoms with Gasteiger partial charge in [0, 0.05) is 32.4 Å². The van der Waals surface area contributed by atoms with Crippen LogP contribution in [0.5, 0.6) is 0 Å². The summed E-state index contributed by atoms with van der Waals surface area (Å²) in [7, 11) is 1.75. The number of ether oxygens (including phenoxy) is 1. The van der Waals surface area contributed by atoms with Crippen molar-refractivity contribution in [2.45, 2.75) is 31.8 Å². The third-order valence-corrected chi connectivity index (χ3v) is 4.89. The van der Waals surface area contributed by atoms with Gasteiger partial charge in [0.05, 0.1) is 12.0 Å². The number of rotatable bonds is 2. The number of anilines is 1. The maximum atomic E-state index is 12.9. The summed E-state index contributed by atoms with van der Waals surface area (Å²) < 4.78 is 5.53. The van der Waals surface area contributed by atoms with E-state index < -0.39 is 0 Å². The second kappa shape index (κ2) is 6.06. The van der Waals surface area contributed by atoms with Gasteiger partial charge in [0.2, 0.25) is 5.91 Å². The summed E-state index contributed by atoms with van der Waals surface area (Å²) in [5, 5.41) is 3.38. The lowest BCUT2D eigenvalue weighted by molar-refractivity contribution is -0.138. The Hall–Kier alpha value is -1.55. The van der Waals surface area contributed by atoms with E-state index >= 15 is 0 Å². The van der Waals surface area contributed by atoms with E-state index in [0.29, 0.717) is 5.92 Å². The van der Waals surface area contributed by atoms with E-state index in [2.05, 4.69) is 24.4 Å². The van der Waals surface area contributed by atoms with Crippen LogP contribution in [0.1, 0.15) is 31.2 Å². The normalized spacial score (nSPS) is 28.7. The number of carbonyl (C=O) groups is 1. The van der Waals surface area contributed by atoms with E-state index in [1.165, 1.54) is 0 Å². The quantitative estimate of drug-likeness (QED) is 0.909. The Morgan fingerprint density at radius 2 is 2.14 bits per heavy atom. The highest BCUT2D eigenvalue weighted by Gasteiger charge is 2.34. The molecule has 2 heterocycles. The molecular weight excluding hydrogens is 264 g/mol. The van der Waals surface area contributed by atoms with E-state index in [4.69, 9.17) is 4.74 Å². The molecule has 21 heavy (non-hydrogen) atoms. The number of benzene rings is 1. The summed E-state index contributed by atoms with van der Waals surface area (Å²) in [6, 6.07) is 8.17. The van der Waals surface area contributed by atoms with E-state index in [-0.39, 0.29) is 17.9 Å². The van der Waals surface area contributed by atoms with Gasteiger partial charge in [0.25, 0.3) is 0 Å². The van der Waals surface area contributed by atoms with Crippen LogP contribution in [0.4, 0.5) is 5.69 Å². The summed E-state index contributed by atoms with van der Waals surface area (Å²) in [5.41, 5.74) is 2.25. The Morgan fingerprint density at radius 3 is 2.95 bits per heavy atom. The Kier molecular flexibility index (Phi) is 4.15. The number of amides is 1. The molecule has 1 aromatic carbocycles. The van der Waals surface area contributed by atoms with Crippen LogP contribution >= 0.6 is 0 Å². The smallest absolute Gasteiger partial charge is 0.230 e. The molecule has 1 aromatic rings. The first-order valence-corrected chi connectivity index (χ1v) is 7.85. The van der Waals surface area contributed by atoms with E-state index in [9.17, 15) is 4.79 Å². The highest BCUT2D eigenvalue weighted by Crippen LogP contribution is 2.33. The van der Waals surface area contributed by atoms with Crippen molar-refractivity contribution in [3.05, 3.63) is 29.8 Å². The minimum atomic E-state index is -0.00615. The van der Waals surface area contributed by atoms with Crippen LogP contribution in [0, 0.1) is 5.92 Å². The maximum absolute atomic E-state index is 12.9. The van der Waals surface area contributed by atoms with Crippen molar-refractivity contribution in [2.75, 3.05) is 32.1 Å². The van der Waals surface area contributed by atoms with Crippen LogP contribution in [-0.2, 0) is 9.53 Å². The zero-order valence-corrected chi connectivity index (χ0v) is 12.8. The van der Waals surface area contributed by atoms with Crippen molar-refractivity contribution in [1.82, 2.24) is 4.90 Å². The van der Waals surface area contributed by atoms with Crippen LogP contribution < -0.4 is 5.32 Å².